The van der Waals surface area contributed by atoms with E-state index in [1.165, 1.54) is 19.3 Å². The zero-order chi connectivity index (χ0) is 15.1. The number of methoxy groups -OCH3 is 1. The Morgan fingerprint density at radius 2 is 2.14 bits per heavy atom. The summed E-state index contributed by atoms with van der Waals surface area (Å²) in [4.78, 5) is 12.1. The van der Waals surface area contributed by atoms with Crippen molar-refractivity contribution in [2.24, 2.45) is 11.7 Å². The van der Waals surface area contributed by atoms with Gasteiger partial charge in [-0.25, -0.2) is 4.79 Å². The van der Waals surface area contributed by atoms with Crippen molar-refractivity contribution < 1.29 is 9.53 Å². The summed E-state index contributed by atoms with van der Waals surface area (Å²) < 4.78 is 5.14. The Morgan fingerprint density at radius 3 is 2.81 bits per heavy atom. The van der Waals surface area contributed by atoms with Crippen molar-refractivity contribution in [1.82, 2.24) is 5.32 Å². The maximum atomic E-state index is 12.1. The molecule has 116 valence electrons. The van der Waals surface area contributed by atoms with E-state index in [-0.39, 0.29) is 12.1 Å². The lowest BCUT2D eigenvalue weighted by Gasteiger charge is -2.30. The monoisotopic (exact) mass is 291 g/mol. The van der Waals surface area contributed by atoms with Gasteiger partial charge in [0.15, 0.2) is 0 Å². The second-order valence-electron chi connectivity index (χ2n) is 5.57. The molecule has 1 aromatic rings. The minimum absolute atomic E-state index is 0.0518. The maximum Gasteiger partial charge on any atom is 0.319 e. The molecule has 1 aliphatic rings. The van der Waals surface area contributed by atoms with Crippen LogP contribution in [0.2, 0.25) is 0 Å². The molecule has 0 saturated heterocycles. The van der Waals surface area contributed by atoms with Crippen LogP contribution < -0.4 is 21.1 Å². The van der Waals surface area contributed by atoms with Gasteiger partial charge in [0.25, 0.3) is 0 Å². The first kappa shape index (κ1) is 15.6. The quantitative estimate of drug-likeness (QED) is 0.780. The van der Waals surface area contributed by atoms with Gasteiger partial charge in [0.05, 0.1) is 7.11 Å². The van der Waals surface area contributed by atoms with E-state index in [0.717, 1.165) is 18.6 Å². The van der Waals surface area contributed by atoms with Gasteiger partial charge in [0.2, 0.25) is 0 Å². The molecule has 0 radical (unpaired) electrons. The minimum atomic E-state index is -0.204. The second kappa shape index (κ2) is 7.88. The van der Waals surface area contributed by atoms with Crippen LogP contribution in [0.25, 0.3) is 0 Å². The number of rotatable bonds is 5. The third-order valence-electron chi connectivity index (χ3n) is 4.12. The van der Waals surface area contributed by atoms with Crippen molar-refractivity contribution >= 4 is 11.7 Å². The summed E-state index contributed by atoms with van der Waals surface area (Å²) in [7, 11) is 1.60. The number of carbonyl (C=O) groups excluding carboxylic acids is 1. The smallest absolute Gasteiger partial charge is 0.319 e. The van der Waals surface area contributed by atoms with Crippen LogP contribution in [0.3, 0.4) is 0 Å². The van der Waals surface area contributed by atoms with Gasteiger partial charge < -0.3 is 21.1 Å². The molecule has 1 aromatic carbocycles. The first-order valence-electron chi connectivity index (χ1n) is 7.64. The number of hydrogen-bond acceptors (Lipinski definition) is 3. The van der Waals surface area contributed by atoms with Crippen LogP contribution in [-0.4, -0.2) is 25.7 Å². The van der Waals surface area contributed by atoms with Crippen LogP contribution >= 0.6 is 0 Å². The summed E-state index contributed by atoms with van der Waals surface area (Å²) in [6.07, 6.45) is 6.08. The number of amides is 2. The average molecular weight is 291 g/mol. The van der Waals surface area contributed by atoms with Crippen LogP contribution in [0, 0.1) is 5.92 Å². The fraction of sp³-hybridized carbons (Fsp3) is 0.562. The Bertz CT molecular complexity index is 459. The van der Waals surface area contributed by atoms with Crippen LogP contribution in [0.4, 0.5) is 10.5 Å². The highest BCUT2D eigenvalue weighted by atomic mass is 16.5. The van der Waals surface area contributed by atoms with E-state index in [1.54, 1.807) is 13.2 Å². The van der Waals surface area contributed by atoms with Gasteiger partial charge in [-0.05, 0) is 30.9 Å². The molecular formula is C16H25N3O2. The molecule has 5 nitrogen and oxygen atoms in total. The van der Waals surface area contributed by atoms with Crippen molar-refractivity contribution in [3.63, 3.8) is 0 Å². The lowest BCUT2D eigenvalue weighted by atomic mass is 9.84. The standard InChI is InChI=1S/C16H25N3O2/c1-21-14-9-5-8-13(10-14)18-16(20)19-15(11-17)12-6-3-2-4-7-12/h5,8-10,12,15H,2-4,6-7,11,17H2,1H3,(H2,18,19,20). The zero-order valence-corrected chi connectivity index (χ0v) is 12.6. The lowest BCUT2D eigenvalue weighted by molar-refractivity contribution is 0.233. The number of carbonyl (C=O) groups is 1. The first-order valence-corrected chi connectivity index (χ1v) is 7.64. The normalized spacial score (nSPS) is 17.0. The highest BCUT2D eigenvalue weighted by Gasteiger charge is 2.23. The van der Waals surface area contributed by atoms with E-state index in [0.29, 0.717) is 18.2 Å². The predicted octanol–water partition coefficient (Wildman–Crippen LogP) is 2.72. The largest absolute Gasteiger partial charge is 0.497 e. The van der Waals surface area contributed by atoms with Crippen LogP contribution in [0.15, 0.2) is 24.3 Å². The average Bonchev–Trinajstić information content (AvgIpc) is 2.53. The molecule has 0 heterocycles. The third-order valence-corrected chi connectivity index (χ3v) is 4.12. The third kappa shape index (κ3) is 4.63. The van der Waals surface area contributed by atoms with Crippen LogP contribution in [-0.2, 0) is 0 Å². The number of anilines is 1. The van der Waals surface area contributed by atoms with E-state index in [1.807, 2.05) is 18.2 Å². The summed E-state index contributed by atoms with van der Waals surface area (Å²) in [5.74, 6) is 1.22. The van der Waals surface area contributed by atoms with E-state index >= 15 is 0 Å². The molecule has 5 heteroatoms. The minimum Gasteiger partial charge on any atom is -0.497 e. The molecule has 2 amide bonds. The number of hydrogen-bond donors (Lipinski definition) is 3. The van der Waals surface area contributed by atoms with Gasteiger partial charge in [-0.3, -0.25) is 0 Å². The van der Waals surface area contributed by atoms with Crippen LogP contribution in [0.5, 0.6) is 5.75 Å². The zero-order valence-electron chi connectivity index (χ0n) is 12.6. The predicted molar refractivity (Wildman–Crippen MR) is 84.6 cm³/mol. The summed E-state index contributed by atoms with van der Waals surface area (Å²) in [5.41, 5.74) is 6.54. The van der Waals surface area contributed by atoms with Gasteiger partial charge in [0.1, 0.15) is 5.75 Å². The van der Waals surface area contributed by atoms with E-state index in [4.69, 9.17) is 10.5 Å². The maximum absolute atomic E-state index is 12.1. The highest BCUT2D eigenvalue weighted by Crippen LogP contribution is 2.26. The number of nitrogens with one attached hydrogen (secondary N) is 2. The van der Waals surface area contributed by atoms with Crippen molar-refractivity contribution in [2.45, 2.75) is 38.1 Å². The van der Waals surface area contributed by atoms with Gasteiger partial charge in [-0.2, -0.15) is 0 Å². The van der Waals surface area contributed by atoms with Gasteiger partial charge in [-0.15, -0.1) is 0 Å². The molecule has 0 bridgehead atoms. The number of ether oxygens (including phenoxy) is 1. The van der Waals surface area contributed by atoms with E-state index < -0.39 is 0 Å². The Morgan fingerprint density at radius 1 is 1.38 bits per heavy atom. The number of urea groups is 1. The summed E-state index contributed by atoms with van der Waals surface area (Å²) in [6, 6.07) is 7.15. The van der Waals surface area contributed by atoms with Crippen molar-refractivity contribution in [3.05, 3.63) is 24.3 Å². The summed E-state index contributed by atoms with van der Waals surface area (Å²) in [5, 5.41) is 5.84. The van der Waals surface area contributed by atoms with Gasteiger partial charge in [-0.1, -0.05) is 25.3 Å². The van der Waals surface area contributed by atoms with Gasteiger partial charge in [0, 0.05) is 24.3 Å². The molecule has 0 spiro atoms. The van der Waals surface area contributed by atoms with E-state index in [9.17, 15) is 4.79 Å². The molecule has 1 aliphatic carbocycles. The molecule has 2 rings (SSSR count). The summed E-state index contributed by atoms with van der Waals surface area (Å²) in [6.45, 7) is 0.482. The Hall–Kier alpha value is -1.75. The Kier molecular flexibility index (Phi) is 5.87. The molecule has 1 unspecified atom stereocenters. The Labute approximate surface area is 126 Å². The van der Waals surface area contributed by atoms with Gasteiger partial charge >= 0.3 is 6.03 Å². The molecular weight excluding hydrogens is 266 g/mol. The number of benzene rings is 1. The first-order chi connectivity index (χ1) is 10.2. The highest BCUT2D eigenvalue weighted by molar-refractivity contribution is 5.89. The van der Waals surface area contributed by atoms with Crippen molar-refractivity contribution in [1.29, 1.82) is 0 Å². The summed E-state index contributed by atoms with van der Waals surface area (Å²) >= 11 is 0. The fourth-order valence-electron chi connectivity index (χ4n) is 2.94. The molecule has 0 aliphatic heterocycles. The SMILES string of the molecule is COc1cccc(NC(=O)NC(CN)C2CCCCC2)c1. The molecule has 1 saturated carbocycles. The number of nitrogens with two attached hydrogens (primary N) is 1. The fourth-order valence-corrected chi connectivity index (χ4v) is 2.94. The topological polar surface area (TPSA) is 76.4 Å². The molecule has 4 N–H and O–H groups in total. The molecule has 1 fully saturated rings. The molecule has 1 atom stereocenters. The van der Waals surface area contributed by atoms with Crippen molar-refractivity contribution in [2.75, 3.05) is 19.0 Å². The van der Waals surface area contributed by atoms with Crippen LogP contribution in [0.1, 0.15) is 32.1 Å². The van der Waals surface area contributed by atoms with E-state index in [2.05, 4.69) is 10.6 Å². The Balaban J connectivity index is 1.89. The molecule has 0 aromatic heterocycles. The second-order valence-corrected chi connectivity index (χ2v) is 5.57. The van der Waals surface area contributed by atoms with Crippen molar-refractivity contribution in [3.8, 4) is 5.75 Å². The molecule has 21 heavy (non-hydrogen) atoms. The lowest BCUT2D eigenvalue weighted by Crippen LogP contribution is -2.47.